The van der Waals surface area contributed by atoms with Crippen LogP contribution < -0.4 is 5.32 Å². The number of carboxylic acids is 1. The van der Waals surface area contributed by atoms with E-state index < -0.39 is 11.5 Å². The average Bonchev–Trinajstić information content (AvgIpc) is 2.80. The molecule has 1 fully saturated rings. The summed E-state index contributed by atoms with van der Waals surface area (Å²) in [6.07, 6.45) is 3.47. The molecule has 0 aliphatic heterocycles. The van der Waals surface area contributed by atoms with Gasteiger partial charge in [0.2, 0.25) is 0 Å². The van der Waals surface area contributed by atoms with Gasteiger partial charge in [0.1, 0.15) is 5.54 Å². The molecule has 1 aliphatic carbocycles. The first-order valence-electron chi connectivity index (χ1n) is 6.20. The molecular weight excluding hydrogens is 214 g/mol. The number of benzene rings is 1. The van der Waals surface area contributed by atoms with Crippen molar-refractivity contribution < 1.29 is 9.90 Å². The first kappa shape index (κ1) is 12.1. The summed E-state index contributed by atoms with van der Waals surface area (Å²) in [4.78, 5) is 11.4. The molecule has 1 aliphatic rings. The fourth-order valence-electron chi connectivity index (χ4n) is 2.64. The molecule has 92 valence electrons. The van der Waals surface area contributed by atoms with Crippen molar-refractivity contribution >= 4 is 5.97 Å². The van der Waals surface area contributed by atoms with E-state index in [0.717, 1.165) is 31.2 Å². The molecule has 3 nitrogen and oxygen atoms in total. The molecule has 17 heavy (non-hydrogen) atoms. The predicted molar refractivity (Wildman–Crippen MR) is 66.8 cm³/mol. The SMILES string of the molecule is CC(NC1(C(=O)O)CCCC1)c1ccccc1. The van der Waals surface area contributed by atoms with Crippen molar-refractivity contribution in [2.45, 2.75) is 44.2 Å². The molecule has 0 aromatic heterocycles. The highest BCUT2D eigenvalue weighted by atomic mass is 16.4. The van der Waals surface area contributed by atoms with Crippen molar-refractivity contribution in [2.24, 2.45) is 0 Å². The minimum absolute atomic E-state index is 0.0744. The van der Waals surface area contributed by atoms with Crippen LogP contribution in [-0.4, -0.2) is 16.6 Å². The minimum atomic E-state index is -0.713. The van der Waals surface area contributed by atoms with E-state index in [1.165, 1.54) is 0 Å². The van der Waals surface area contributed by atoms with Crippen molar-refractivity contribution in [3.8, 4) is 0 Å². The van der Waals surface area contributed by atoms with Crippen LogP contribution >= 0.6 is 0 Å². The Bertz CT molecular complexity index is 382. The van der Waals surface area contributed by atoms with Gasteiger partial charge in [0.25, 0.3) is 0 Å². The third-order valence-corrected chi connectivity index (χ3v) is 3.66. The normalized spacial score (nSPS) is 20.1. The van der Waals surface area contributed by atoms with Gasteiger partial charge in [-0.1, -0.05) is 43.2 Å². The molecule has 1 aromatic rings. The first-order chi connectivity index (χ1) is 8.14. The quantitative estimate of drug-likeness (QED) is 0.840. The van der Waals surface area contributed by atoms with Gasteiger partial charge in [-0.15, -0.1) is 0 Å². The monoisotopic (exact) mass is 233 g/mol. The van der Waals surface area contributed by atoms with Crippen LogP contribution in [0.4, 0.5) is 0 Å². The number of rotatable bonds is 4. The maximum atomic E-state index is 11.4. The third kappa shape index (κ3) is 2.50. The molecule has 0 amide bonds. The highest BCUT2D eigenvalue weighted by Gasteiger charge is 2.41. The summed E-state index contributed by atoms with van der Waals surface area (Å²) in [5.74, 6) is -0.710. The Morgan fingerprint density at radius 2 is 1.88 bits per heavy atom. The fourth-order valence-corrected chi connectivity index (χ4v) is 2.64. The van der Waals surface area contributed by atoms with Gasteiger partial charge in [0, 0.05) is 6.04 Å². The van der Waals surface area contributed by atoms with Crippen molar-refractivity contribution in [1.82, 2.24) is 5.32 Å². The largest absolute Gasteiger partial charge is 0.480 e. The Morgan fingerprint density at radius 1 is 1.29 bits per heavy atom. The van der Waals surface area contributed by atoms with E-state index in [0.29, 0.717) is 0 Å². The van der Waals surface area contributed by atoms with Gasteiger partial charge in [-0.25, -0.2) is 0 Å². The van der Waals surface area contributed by atoms with Crippen molar-refractivity contribution in [3.05, 3.63) is 35.9 Å². The van der Waals surface area contributed by atoms with E-state index in [2.05, 4.69) is 5.32 Å². The molecule has 2 rings (SSSR count). The third-order valence-electron chi connectivity index (χ3n) is 3.66. The number of hydrogen-bond acceptors (Lipinski definition) is 2. The summed E-state index contributed by atoms with van der Waals surface area (Å²) in [6, 6.07) is 10.1. The van der Waals surface area contributed by atoms with Gasteiger partial charge >= 0.3 is 5.97 Å². The van der Waals surface area contributed by atoms with Crippen molar-refractivity contribution in [2.75, 3.05) is 0 Å². The summed E-state index contributed by atoms with van der Waals surface area (Å²) in [5.41, 5.74) is 0.426. The molecule has 1 aromatic carbocycles. The summed E-state index contributed by atoms with van der Waals surface area (Å²) in [5, 5.41) is 12.7. The highest BCUT2D eigenvalue weighted by molar-refractivity contribution is 5.79. The van der Waals surface area contributed by atoms with Crippen molar-refractivity contribution in [3.63, 3.8) is 0 Å². The Kier molecular flexibility index (Phi) is 3.48. The minimum Gasteiger partial charge on any atom is -0.480 e. The average molecular weight is 233 g/mol. The molecule has 0 spiro atoms. The maximum Gasteiger partial charge on any atom is 0.323 e. The number of nitrogens with one attached hydrogen (secondary N) is 1. The lowest BCUT2D eigenvalue weighted by Gasteiger charge is -2.29. The number of aliphatic carboxylic acids is 1. The summed E-state index contributed by atoms with van der Waals surface area (Å²) < 4.78 is 0. The van der Waals surface area contributed by atoms with Crippen molar-refractivity contribution in [1.29, 1.82) is 0 Å². The Balaban J connectivity index is 2.11. The molecule has 1 unspecified atom stereocenters. The molecule has 2 N–H and O–H groups in total. The summed E-state index contributed by atoms with van der Waals surface area (Å²) in [6.45, 7) is 2.03. The van der Waals surface area contributed by atoms with Crippen LogP contribution in [0.15, 0.2) is 30.3 Å². The molecule has 1 atom stereocenters. The second-order valence-electron chi connectivity index (χ2n) is 4.87. The summed E-state index contributed by atoms with van der Waals surface area (Å²) in [7, 11) is 0. The van der Waals surface area contributed by atoms with Crippen LogP contribution in [0.5, 0.6) is 0 Å². The van der Waals surface area contributed by atoms with E-state index >= 15 is 0 Å². The maximum absolute atomic E-state index is 11.4. The van der Waals surface area contributed by atoms with Gasteiger partial charge in [-0.05, 0) is 25.3 Å². The van der Waals surface area contributed by atoms with E-state index in [9.17, 15) is 9.90 Å². The van der Waals surface area contributed by atoms with E-state index in [1.807, 2.05) is 37.3 Å². The van der Waals surface area contributed by atoms with Gasteiger partial charge in [0.15, 0.2) is 0 Å². The lowest BCUT2D eigenvalue weighted by Crippen LogP contribution is -2.50. The number of carbonyl (C=O) groups is 1. The lowest BCUT2D eigenvalue weighted by molar-refractivity contribution is -0.145. The van der Waals surface area contributed by atoms with Crippen LogP contribution in [0, 0.1) is 0 Å². The molecule has 3 heteroatoms. The van der Waals surface area contributed by atoms with Crippen LogP contribution in [0.25, 0.3) is 0 Å². The van der Waals surface area contributed by atoms with Crippen LogP contribution in [0.2, 0.25) is 0 Å². The number of hydrogen-bond donors (Lipinski definition) is 2. The van der Waals surface area contributed by atoms with Crippen LogP contribution in [0.3, 0.4) is 0 Å². The fraction of sp³-hybridized carbons (Fsp3) is 0.500. The predicted octanol–water partition coefficient (Wildman–Crippen LogP) is 2.73. The molecule has 0 bridgehead atoms. The molecular formula is C14H19NO2. The van der Waals surface area contributed by atoms with Gasteiger partial charge in [-0.2, -0.15) is 0 Å². The molecule has 0 heterocycles. The van der Waals surface area contributed by atoms with Gasteiger partial charge in [0.05, 0.1) is 0 Å². The zero-order valence-corrected chi connectivity index (χ0v) is 10.1. The molecule has 0 saturated heterocycles. The van der Waals surface area contributed by atoms with E-state index in [4.69, 9.17) is 0 Å². The topological polar surface area (TPSA) is 49.3 Å². The Hall–Kier alpha value is -1.35. The summed E-state index contributed by atoms with van der Waals surface area (Å²) >= 11 is 0. The second kappa shape index (κ2) is 4.88. The Morgan fingerprint density at radius 3 is 2.41 bits per heavy atom. The van der Waals surface area contributed by atoms with E-state index in [1.54, 1.807) is 0 Å². The van der Waals surface area contributed by atoms with E-state index in [-0.39, 0.29) is 6.04 Å². The molecule has 1 saturated carbocycles. The number of carboxylic acid groups (broad SMARTS) is 1. The standard InChI is InChI=1S/C14H19NO2/c1-11(12-7-3-2-4-8-12)15-14(13(16)17)9-5-6-10-14/h2-4,7-8,11,15H,5-6,9-10H2,1H3,(H,16,17). The zero-order valence-electron chi connectivity index (χ0n) is 10.1. The highest BCUT2D eigenvalue weighted by Crippen LogP contribution is 2.32. The lowest BCUT2D eigenvalue weighted by atomic mass is 9.95. The first-order valence-corrected chi connectivity index (χ1v) is 6.20. The van der Waals surface area contributed by atoms with Crippen LogP contribution in [0.1, 0.15) is 44.2 Å². The van der Waals surface area contributed by atoms with Crippen LogP contribution in [-0.2, 0) is 4.79 Å². The smallest absolute Gasteiger partial charge is 0.323 e. The molecule has 0 radical (unpaired) electrons. The Labute approximate surface area is 102 Å². The second-order valence-corrected chi connectivity index (χ2v) is 4.87. The van der Waals surface area contributed by atoms with Gasteiger partial charge in [-0.3, -0.25) is 10.1 Å². The van der Waals surface area contributed by atoms with Gasteiger partial charge < -0.3 is 5.11 Å². The zero-order chi connectivity index (χ0) is 12.3.